The Kier molecular flexibility index (Phi) is 4.16. The maximum absolute atomic E-state index is 11.6. The predicted octanol–water partition coefficient (Wildman–Crippen LogP) is 1.72. The Morgan fingerprint density at radius 2 is 2.00 bits per heavy atom. The third-order valence-electron chi connectivity index (χ3n) is 3.76. The van der Waals surface area contributed by atoms with Crippen molar-refractivity contribution in [1.82, 2.24) is 0 Å². The molecule has 0 radical (unpaired) electrons. The third-order valence-corrected chi connectivity index (χ3v) is 5.56. The van der Waals surface area contributed by atoms with E-state index in [4.69, 9.17) is 5.73 Å². The Bertz CT molecular complexity index is 525. The molecule has 0 aromatic heterocycles. The Hall–Kier alpha value is -1.07. The van der Waals surface area contributed by atoms with Gasteiger partial charge in [-0.15, -0.1) is 0 Å². The van der Waals surface area contributed by atoms with Crippen LogP contribution in [0, 0.1) is 0 Å². The zero-order chi connectivity index (χ0) is 14.0. The summed E-state index contributed by atoms with van der Waals surface area (Å²) in [5, 5.41) is 0. The maximum atomic E-state index is 11.6. The molecule has 2 N–H and O–H groups in total. The highest BCUT2D eigenvalue weighted by molar-refractivity contribution is 7.91. The summed E-state index contributed by atoms with van der Waals surface area (Å²) >= 11 is 0. The quantitative estimate of drug-likeness (QED) is 0.917. The fourth-order valence-corrected chi connectivity index (χ4v) is 4.09. The average molecular weight is 282 g/mol. The lowest BCUT2D eigenvalue weighted by Gasteiger charge is -2.35. The van der Waals surface area contributed by atoms with E-state index in [2.05, 4.69) is 11.8 Å². The van der Waals surface area contributed by atoms with Gasteiger partial charge in [-0.2, -0.15) is 0 Å². The minimum absolute atomic E-state index is 0.0319. The molecule has 1 aliphatic heterocycles. The topological polar surface area (TPSA) is 63.4 Å². The number of nitrogens with two attached hydrogens (primary N) is 1. The van der Waals surface area contributed by atoms with Crippen LogP contribution in [0.25, 0.3) is 0 Å². The Morgan fingerprint density at radius 3 is 2.53 bits per heavy atom. The zero-order valence-corrected chi connectivity index (χ0v) is 12.4. The highest BCUT2D eigenvalue weighted by Crippen LogP contribution is 2.24. The molecule has 19 heavy (non-hydrogen) atoms. The van der Waals surface area contributed by atoms with Crippen LogP contribution in [0.15, 0.2) is 24.3 Å². The Balaban J connectivity index is 2.15. The lowest BCUT2D eigenvalue weighted by Crippen LogP contribution is -2.47. The minimum Gasteiger partial charge on any atom is -0.367 e. The van der Waals surface area contributed by atoms with Crippen LogP contribution in [-0.4, -0.2) is 32.5 Å². The van der Waals surface area contributed by atoms with E-state index in [1.54, 1.807) is 0 Å². The van der Waals surface area contributed by atoms with E-state index in [1.807, 2.05) is 31.2 Å². The van der Waals surface area contributed by atoms with Gasteiger partial charge in [0.2, 0.25) is 0 Å². The summed E-state index contributed by atoms with van der Waals surface area (Å²) in [7, 11) is -2.86. The van der Waals surface area contributed by atoms with Gasteiger partial charge in [0.05, 0.1) is 11.5 Å². The lowest BCUT2D eigenvalue weighted by atomic mass is 10.0. The van der Waals surface area contributed by atoms with Gasteiger partial charge >= 0.3 is 0 Å². The summed E-state index contributed by atoms with van der Waals surface area (Å²) < 4.78 is 23.2. The molecular formula is C14H22N2O2S. The van der Waals surface area contributed by atoms with Gasteiger partial charge in [-0.25, -0.2) is 8.42 Å². The standard InChI is InChI=1S/C14H22N2O2S/c1-3-14(15)12-4-6-13(7-5-12)16-8-9-19(17,18)10-11(16)2/h4-7,11,14H,3,8-10,15H2,1-2H3. The van der Waals surface area contributed by atoms with Crippen LogP contribution in [0.2, 0.25) is 0 Å². The predicted molar refractivity (Wildman–Crippen MR) is 79.1 cm³/mol. The second-order valence-corrected chi connectivity index (χ2v) is 7.49. The van der Waals surface area contributed by atoms with Crippen molar-refractivity contribution in [2.24, 2.45) is 5.73 Å². The summed E-state index contributed by atoms with van der Waals surface area (Å²) in [5.74, 6) is 0.483. The fraction of sp³-hybridized carbons (Fsp3) is 0.571. The van der Waals surface area contributed by atoms with Crippen molar-refractivity contribution < 1.29 is 8.42 Å². The molecule has 0 amide bonds. The number of hydrogen-bond donors (Lipinski definition) is 1. The van der Waals surface area contributed by atoms with E-state index < -0.39 is 9.84 Å². The second kappa shape index (κ2) is 5.51. The molecule has 0 aliphatic carbocycles. The van der Waals surface area contributed by atoms with Crippen LogP contribution >= 0.6 is 0 Å². The van der Waals surface area contributed by atoms with Gasteiger partial charge in [0.1, 0.15) is 0 Å². The van der Waals surface area contributed by atoms with Crippen molar-refractivity contribution in [2.75, 3.05) is 23.0 Å². The van der Waals surface area contributed by atoms with E-state index in [0.29, 0.717) is 6.54 Å². The Morgan fingerprint density at radius 1 is 1.37 bits per heavy atom. The molecule has 2 atom stereocenters. The van der Waals surface area contributed by atoms with Crippen molar-refractivity contribution in [3.05, 3.63) is 29.8 Å². The van der Waals surface area contributed by atoms with Gasteiger partial charge < -0.3 is 10.6 Å². The van der Waals surface area contributed by atoms with Crippen molar-refractivity contribution in [3.63, 3.8) is 0 Å². The van der Waals surface area contributed by atoms with E-state index >= 15 is 0 Å². The maximum Gasteiger partial charge on any atom is 0.154 e. The first-order valence-electron chi connectivity index (χ1n) is 6.75. The third kappa shape index (κ3) is 3.28. The number of anilines is 1. The van der Waals surface area contributed by atoms with Gasteiger partial charge in [-0.3, -0.25) is 0 Å². The SMILES string of the molecule is CCC(N)c1ccc(N2CCS(=O)(=O)CC2C)cc1. The minimum atomic E-state index is -2.86. The molecule has 1 heterocycles. The molecule has 5 heteroatoms. The van der Waals surface area contributed by atoms with Gasteiger partial charge in [0, 0.05) is 24.3 Å². The van der Waals surface area contributed by atoms with Crippen LogP contribution in [0.4, 0.5) is 5.69 Å². The largest absolute Gasteiger partial charge is 0.367 e. The van der Waals surface area contributed by atoms with Crippen LogP contribution in [0.3, 0.4) is 0 Å². The molecule has 2 unspecified atom stereocenters. The van der Waals surface area contributed by atoms with E-state index in [1.165, 1.54) is 0 Å². The molecule has 4 nitrogen and oxygen atoms in total. The molecule has 0 bridgehead atoms. The van der Waals surface area contributed by atoms with Crippen molar-refractivity contribution in [2.45, 2.75) is 32.4 Å². The highest BCUT2D eigenvalue weighted by Gasteiger charge is 2.28. The first-order chi connectivity index (χ1) is 8.93. The van der Waals surface area contributed by atoms with Crippen LogP contribution in [0.5, 0.6) is 0 Å². The van der Waals surface area contributed by atoms with Crippen molar-refractivity contribution in [1.29, 1.82) is 0 Å². The van der Waals surface area contributed by atoms with Gasteiger partial charge in [0.15, 0.2) is 9.84 Å². The normalized spacial score (nSPS) is 24.2. The monoisotopic (exact) mass is 282 g/mol. The Labute approximate surface area is 115 Å². The molecule has 2 rings (SSSR count). The lowest BCUT2D eigenvalue weighted by molar-refractivity contribution is 0.568. The fourth-order valence-electron chi connectivity index (χ4n) is 2.53. The number of nitrogens with zero attached hydrogens (tertiary/aromatic N) is 1. The molecule has 1 aromatic rings. The van der Waals surface area contributed by atoms with E-state index in [-0.39, 0.29) is 23.6 Å². The van der Waals surface area contributed by atoms with Gasteiger partial charge in [-0.1, -0.05) is 19.1 Å². The number of rotatable bonds is 3. The first-order valence-corrected chi connectivity index (χ1v) is 8.57. The smallest absolute Gasteiger partial charge is 0.154 e. The second-order valence-electron chi connectivity index (χ2n) is 5.26. The number of sulfone groups is 1. The number of benzene rings is 1. The molecule has 1 aliphatic rings. The average Bonchev–Trinajstić information content (AvgIpc) is 2.37. The molecule has 1 saturated heterocycles. The molecular weight excluding hydrogens is 260 g/mol. The molecule has 0 saturated carbocycles. The van der Waals surface area contributed by atoms with Crippen LogP contribution in [-0.2, 0) is 9.84 Å². The zero-order valence-electron chi connectivity index (χ0n) is 11.5. The van der Waals surface area contributed by atoms with E-state index in [0.717, 1.165) is 17.7 Å². The first kappa shape index (κ1) is 14.3. The summed E-state index contributed by atoms with van der Waals surface area (Å²) in [5.41, 5.74) is 8.20. The molecule has 1 aromatic carbocycles. The summed E-state index contributed by atoms with van der Waals surface area (Å²) in [6, 6.07) is 8.27. The highest BCUT2D eigenvalue weighted by atomic mass is 32.2. The van der Waals surface area contributed by atoms with Gasteiger partial charge in [-0.05, 0) is 31.0 Å². The summed E-state index contributed by atoms with van der Waals surface area (Å²) in [6.45, 7) is 4.60. The summed E-state index contributed by atoms with van der Waals surface area (Å²) in [4.78, 5) is 2.16. The van der Waals surface area contributed by atoms with Crippen LogP contribution in [0.1, 0.15) is 31.9 Å². The van der Waals surface area contributed by atoms with Crippen LogP contribution < -0.4 is 10.6 Å². The molecule has 106 valence electrons. The van der Waals surface area contributed by atoms with Gasteiger partial charge in [0.25, 0.3) is 0 Å². The number of hydrogen-bond acceptors (Lipinski definition) is 4. The van der Waals surface area contributed by atoms with Crippen molar-refractivity contribution >= 4 is 15.5 Å². The molecule has 1 fully saturated rings. The molecule has 0 spiro atoms. The van der Waals surface area contributed by atoms with E-state index in [9.17, 15) is 8.42 Å². The summed E-state index contributed by atoms with van der Waals surface area (Å²) in [6.07, 6.45) is 0.914. The van der Waals surface area contributed by atoms with Crippen molar-refractivity contribution in [3.8, 4) is 0 Å².